The molecule has 0 atom stereocenters. The standard InChI is InChI=1S/C17H19N3O3/c1-2-13-7-3-4-8-14(13)19-15(21)11-18-16(22)12-20-10-6-5-9-17(20)23/h3-10H,2,11-12H2,1H3,(H,18,22)(H,19,21). The third-order valence-electron chi connectivity index (χ3n) is 3.33. The maximum Gasteiger partial charge on any atom is 0.250 e. The van der Waals surface area contributed by atoms with Crippen molar-refractivity contribution < 1.29 is 9.59 Å². The molecule has 0 aliphatic carbocycles. The van der Waals surface area contributed by atoms with Crippen LogP contribution < -0.4 is 16.2 Å². The van der Waals surface area contributed by atoms with Gasteiger partial charge in [0.2, 0.25) is 11.8 Å². The van der Waals surface area contributed by atoms with Crippen LogP contribution in [0.2, 0.25) is 0 Å². The van der Waals surface area contributed by atoms with Crippen LogP contribution in [0.3, 0.4) is 0 Å². The SMILES string of the molecule is CCc1ccccc1NC(=O)CNC(=O)Cn1ccccc1=O. The van der Waals surface area contributed by atoms with Gasteiger partial charge >= 0.3 is 0 Å². The Morgan fingerprint density at radius 1 is 1.04 bits per heavy atom. The molecule has 0 bridgehead atoms. The second kappa shape index (κ2) is 7.93. The summed E-state index contributed by atoms with van der Waals surface area (Å²) in [6, 6.07) is 12.2. The van der Waals surface area contributed by atoms with Gasteiger partial charge in [0.1, 0.15) is 6.54 Å². The van der Waals surface area contributed by atoms with Gasteiger partial charge in [-0.25, -0.2) is 0 Å². The number of pyridine rings is 1. The van der Waals surface area contributed by atoms with Crippen molar-refractivity contribution >= 4 is 17.5 Å². The Labute approximate surface area is 134 Å². The minimum absolute atomic E-state index is 0.113. The Morgan fingerprint density at radius 3 is 2.52 bits per heavy atom. The first-order valence-electron chi connectivity index (χ1n) is 7.40. The molecule has 6 heteroatoms. The fourth-order valence-corrected chi connectivity index (χ4v) is 2.13. The molecule has 1 aromatic heterocycles. The lowest BCUT2D eigenvalue weighted by molar-refractivity contribution is -0.124. The van der Waals surface area contributed by atoms with Crippen molar-refractivity contribution in [1.82, 2.24) is 9.88 Å². The molecule has 0 aliphatic rings. The van der Waals surface area contributed by atoms with Crippen molar-refractivity contribution in [2.24, 2.45) is 0 Å². The third-order valence-corrected chi connectivity index (χ3v) is 3.33. The molecule has 6 nitrogen and oxygen atoms in total. The maximum atomic E-state index is 11.9. The van der Waals surface area contributed by atoms with Crippen LogP contribution >= 0.6 is 0 Å². The number of aryl methyl sites for hydroxylation is 1. The first kappa shape index (κ1) is 16.5. The molecule has 0 fully saturated rings. The zero-order valence-electron chi connectivity index (χ0n) is 12.9. The summed E-state index contributed by atoms with van der Waals surface area (Å²) >= 11 is 0. The molecule has 0 radical (unpaired) electrons. The van der Waals surface area contributed by atoms with Crippen molar-refractivity contribution in [3.05, 3.63) is 64.6 Å². The summed E-state index contributed by atoms with van der Waals surface area (Å²) in [6.07, 6.45) is 2.33. The van der Waals surface area contributed by atoms with E-state index in [4.69, 9.17) is 0 Å². The fraction of sp³-hybridized carbons (Fsp3) is 0.235. The number of nitrogens with zero attached hydrogens (tertiary/aromatic N) is 1. The normalized spacial score (nSPS) is 10.1. The predicted molar refractivity (Wildman–Crippen MR) is 88.2 cm³/mol. The minimum Gasteiger partial charge on any atom is -0.345 e. The maximum absolute atomic E-state index is 11.9. The lowest BCUT2D eigenvalue weighted by Gasteiger charge is -2.10. The van der Waals surface area contributed by atoms with Gasteiger partial charge in [-0.05, 0) is 24.1 Å². The van der Waals surface area contributed by atoms with E-state index in [1.54, 1.807) is 12.1 Å². The Bertz CT molecular complexity index is 752. The van der Waals surface area contributed by atoms with Crippen molar-refractivity contribution in [3.63, 3.8) is 0 Å². The summed E-state index contributed by atoms with van der Waals surface area (Å²) < 4.78 is 1.28. The van der Waals surface area contributed by atoms with Crippen LogP contribution in [-0.2, 0) is 22.6 Å². The van der Waals surface area contributed by atoms with Crippen LogP contribution in [0.5, 0.6) is 0 Å². The van der Waals surface area contributed by atoms with Crippen LogP contribution in [0.1, 0.15) is 12.5 Å². The highest BCUT2D eigenvalue weighted by Crippen LogP contribution is 2.14. The molecule has 1 aromatic carbocycles. The van der Waals surface area contributed by atoms with E-state index in [1.807, 2.05) is 31.2 Å². The lowest BCUT2D eigenvalue weighted by atomic mass is 10.1. The van der Waals surface area contributed by atoms with Crippen molar-refractivity contribution in [1.29, 1.82) is 0 Å². The molecule has 2 rings (SSSR count). The highest BCUT2D eigenvalue weighted by Gasteiger charge is 2.08. The summed E-state index contributed by atoms with van der Waals surface area (Å²) in [5.41, 5.74) is 1.51. The van der Waals surface area contributed by atoms with Gasteiger partial charge in [0, 0.05) is 18.0 Å². The largest absolute Gasteiger partial charge is 0.345 e. The predicted octanol–water partition coefficient (Wildman–Crippen LogP) is 1.17. The molecular weight excluding hydrogens is 294 g/mol. The molecule has 2 N–H and O–H groups in total. The van der Waals surface area contributed by atoms with Gasteiger partial charge in [-0.3, -0.25) is 14.4 Å². The second-order valence-electron chi connectivity index (χ2n) is 5.00. The van der Waals surface area contributed by atoms with Crippen LogP contribution in [0.15, 0.2) is 53.5 Å². The average Bonchev–Trinajstić information content (AvgIpc) is 2.55. The first-order valence-corrected chi connectivity index (χ1v) is 7.40. The van der Waals surface area contributed by atoms with E-state index in [0.29, 0.717) is 0 Å². The Kier molecular flexibility index (Phi) is 5.68. The van der Waals surface area contributed by atoms with E-state index in [0.717, 1.165) is 17.7 Å². The van der Waals surface area contributed by atoms with E-state index in [2.05, 4.69) is 10.6 Å². The number of rotatable bonds is 6. The van der Waals surface area contributed by atoms with Gasteiger partial charge in [-0.2, -0.15) is 0 Å². The van der Waals surface area contributed by atoms with Crippen LogP contribution in [0.4, 0.5) is 5.69 Å². The number of para-hydroxylation sites is 1. The zero-order chi connectivity index (χ0) is 16.7. The third kappa shape index (κ3) is 4.81. The molecule has 0 spiro atoms. The number of anilines is 1. The van der Waals surface area contributed by atoms with Gasteiger partial charge in [0.05, 0.1) is 6.54 Å². The Balaban J connectivity index is 1.86. The summed E-state index contributed by atoms with van der Waals surface area (Å²) in [4.78, 5) is 35.2. The number of aromatic nitrogens is 1. The summed E-state index contributed by atoms with van der Waals surface area (Å²) in [7, 11) is 0. The van der Waals surface area contributed by atoms with Gasteiger partial charge in [-0.15, -0.1) is 0 Å². The van der Waals surface area contributed by atoms with Crippen LogP contribution in [0.25, 0.3) is 0 Å². The zero-order valence-corrected chi connectivity index (χ0v) is 12.9. The van der Waals surface area contributed by atoms with Gasteiger partial charge < -0.3 is 15.2 Å². The fourth-order valence-electron chi connectivity index (χ4n) is 2.13. The molecule has 0 saturated heterocycles. The van der Waals surface area contributed by atoms with Crippen molar-refractivity contribution in [3.8, 4) is 0 Å². The van der Waals surface area contributed by atoms with Crippen LogP contribution in [-0.4, -0.2) is 22.9 Å². The Hall–Kier alpha value is -2.89. The highest BCUT2D eigenvalue weighted by molar-refractivity contribution is 5.95. The van der Waals surface area contributed by atoms with E-state index in [1.165, 1.54) is 16.8 Å². The number of benzene rings is 1. The molecule has 0 saturated carbocycles. The van der Waals surface area contributed by atoms with Gasteiger partial charge in [0.15, 0.2) is 0 Å². The number of nitrogens with one attached hydrogen (secondary N) is 2. The van der Waals surface area contributed by atoms with Gasteiger partial charge in [0.25, 0.3) is 5.56 Å². The molecule has 23 heavy (non-hydrogen) atoms. The molecule has 2 aromatic rings. The minimum atomic E-state index is -0.391. The van der Waals surface area contributed by atoms with Gasteiger partial charge in [-0.1, -0.05) is 31.2 Å². The molecule has 1 heterocycles. The number of hydrogen-bond acceptors (Lipinski definition) is 3. The summed E-state index contributed by atoms with van der Waals surface area (Å²) in [5, 5.41) is 5.28. The van der Waals surface area contributed by atoms with E-state index in [-0.39, 0.29) is 24.6 Å². The van der Waals surface area contributed by atoms with E-state index in [9.17, 15) is 14.4 Å². The van der Waals surface area contributed by atoms with E-state index >= 15 is 0 Å². The smallest absolute Gasteiger partial charge is 0.250 e. The van der Waals surface area contributed by atoms with E-state index < -0.39 is 5.91 Å². The number of carbonyl (C=O) groups excluding carboxylic acids is 2. The molecule has 2 amide bonds. The molecular formula is C17H19N3O3. The molecule has 0 aliphatic heterocycles. The number of amides is 2. The molecule has 0 unspecified atom stereocenters. The quantitative estimate of drug-likeness (QED) is 0.840. The highest BCUT2D eigenvalue weighted by atomic mass is 16.2. The number of hydrogen-bond donors (Lipinski definition) is 2. The van der Waals surface area contributed by atoms with Crippen molar-refractivity contribution in [2.45, 2.75) is 19.9 Å². The summed E-state index contributed by atoms with van der Waals surface area (Å²) in [5.74, 6) is -0.697. The lowest BCUT2D eigenvalue weighted by Crippen LogP contribution is -2.36. The average molecular weight is 313 g/mol. The second-order valence-corrected chi connectivity index (χ2v) is 5.00. The van der Waals surface area contributed by atoms with Crippen LogP contribution in [0, 0.1) is 0 Å². The monoisotopic (exact) mass is 313 g/mol. The topological polar surface area (TPSA) is 80.2 Å². The summed E-state index contributed by atoms with van der Waals surface area (Å²) in [6.45, 7) is 1.75. The molecule has 120 valence electrons. The number of carbonyl (C=O) groups is 2. The Morgan fingerprint density at radius 2 is 1.78 bits per heavy atom. The van der Waals surface area contributed by atoms with Crippen molar-refractivity contribution in [2.75, 3.05) is 11.9 Å². The first-order chi connectivity index (χ1) is 11.1.